The van der Waals surface area contributed by atoms with Gasteiger partial charge in [-0.15, -0.1) is 0 Å². The van der Waals surface area contributed by atoms with Crippen LogP contribution in [-0.4, -0.2) is 51.1 Å². The molecule has 0 aliphatic rings. The maximum atomic E-state index is 5.72. The molecule has 0 saturated carbocycles. The summed E-state index contributed by atoms with van der Waals surface area (Å²) in [6, 6.07) is 0. The molecule has 0 aromatic carbocycles. The van der Waals surface area contributed by atoms with E-state index in [9.17, 15) is 0 Å². The molecule has 0 saturated heterocycles. The van der Waals surface area contributed by atoms with Crippen LogP contribution < -0.4 is 11.5 Å². The summed E-state index contributed by atoms with van der Waals surface area (Å²) >= 11 is 0. The zero-order chi connectivity index (χ0) is 19.2. The Morgan fingerprint density at radius 3 is 1.75 bits per heavy atom. The monoisotopic (exact) mass is 350 g/mol. The molecule has 0 aliphatic heterocycles. The molecule has 0 aromatic heterocycles. The van der Waals surface area contributed by atoms with E-state index < -0.39 is 0 Å². The summed E-state index contributed by atoms with van der Waals surface area (Å²) in [5.41, 5.74) is 11.0. The molecule has 2 atom stereocenters. The summed E-state index contributed by atoms with van der Waals surface area (Å²) in [6.45, 7) is 18.7. The van der Waals surface area contributed by atoms with Crippen LogP contribution >= 0.6 is 0 Å². The fourth-order valence-corrected chi connectivity index (χ4v) is 1.17. The van der Waals surface area contributed by atoms with Gasteiger partial charge in [-0.3, -0.25) is 0 Å². The maximum absolute atomic E-state index is 5.72. The SMILES string of the molecule is CC(C)(C)COCOCC(C)(C)N.CCC(C)OCOC(C)CN. The van der Waals surface area contributed by atoms with E-state index in [1.54, 1.807) is 0 Å². The molecule has 148 valence electrons. The number of nitrogens with two attached hydrogens (primary N) is 2. The van der Waals surface area contributed by atoms with Gasteiger partial charge in [0, 0.05) is 12.1 Å². The zero-order valence-corrected chi connectivity index (χ0v) is 17.2. The molecule has 6 heteroatoms. The molecule has 24 heavy (non-hydrogen) atoms. The highest BCUT2D eigenvalue weighted by atomic mass is 16.7. The average molecular weight is 351 g/mol. The van der Waals surface area contributed by atoms with Crippen molar-refractivity contribution in [1.29, 1.82) is 0 Å². The third-order valence-electron chi connectivity index (χ3n) is 2.79. The first-order valence-corrected chi connectivity index (χ1v) is 8.79. The highest BCUT2D eigenvalue weighted by Crippen LogP contribution is 2.12. The summed E-state index contributed by atoms with van der Waals surface area (Å²) in [6.07, 6.45) is 1.39. The molecule has 0 fully saturated rings. The normalized spacial score (nSPS) is 14.8. The minimum atomic E-state index is -0.273. The van der Waals surface area contributed by atoms with Gasteiger partial charge in [-0.05, 0) is 39.5 Å². The third kappa shape index (κ3) is 24.0. The van der Waals surface area contributed by atoms with Gasteiger partial charge >= 0.3 is 0 Å². The third-order valence-corrected chi connectivity index (χ3v) is 2.79. The molecule has 0 spiro atoms. The Morgan fingerprint density at radius 1 is 0.833 bits per heavy atom. The van der Waals surface area contributed by atoms with Gasteiger partial charge in [0.2, 0.25) is 0 Å². The van der Waals surface area contributed by atoms with Gasteiger partial charge < -0.3 is 30.4 Å². The Kier molecular flexibility index (Phi) is 15.1. The van der Waals surface area contributed by atoms with Crippen LogP contribution in [0.4, 0.5) is 0 Å². The van der Waals surface area contributed by atoms with Gasteiger partial charge in [-0.25, -0.2) is 0 Å². The highest BCUT2D eigenvalue weighted by molar-refractivity contribution is 4.69. The zero-order valence-electron chi connectivity index (χ0n) is 17.2. The Morgan fingerprint density at radius 2 is 1.33 bits per heavy atom. The Bertz CT molecular complexity index is 249. The van der Waals surface area contributed by atoms with Crippen LogP contribution in [0.25, 0.3) is 0 Å². The van der Waals surface area contributed by atoms with Crippen LogP contribution in [0.1, 0.15) is 61.8 Å². The number of hydrogen-bond donors (Lipinski definition) is 2. The first-order chi connectivity index (χ1) is 10.9. The van der Waals surface area contributed by atoms with Crippen molar-refractivity contribution in [2.45, 2.75) is 79.6 Å². The molecule has 4 N–H and O–H groups in total. The number of rotatable bonds is 11. The molecule has 0 aromatic rings. The summed E-state index contributed by atoms with van der Waals surface area (Å²) in [7, 11) is 0. The largest absolute Gasteiger partial charge is 0.355 e. The Hall–Kier alpha value is -0.240. The minimum absolute atomic E-state index is 0.0963. The lowest BCUT2D eigenvalue weighted by molar-refractivity contribution is -0.107. The molecular weight excluding hydrogens is 308 g/mol. The van der Waals surface area contributed by atoms with Crippen LogP contribution in [0.2, 0.25) is 0 Å². The van der Waals surface area contributed by atoms with Crippen molar-refractivity contribution in [3.05, 3.63) is 0 Å². The second-order valence-electron chi connectivity index (χ2n) is 8.08. The van der Waals surface area contributed by atoms with Crippen molar-refractivity contribution in [1.82, 2.24) is 0 Å². The van der Waals surface area contributed by atoms with Gasteiger partial charge in [0.05, 0.1) is 25.4 Å². The van der Waals surface area contributed by atoms with E-state index in [4.69, 9.17) is 30.4 Å². The van der Waals surface area contributed by atoms with Gasteiger partial charge in [-0.1, -0.05) is 27.7 Å². The van der Waals surface area contributed by atoms with E-state index in [1.807, 2.05) is 27.7 Å². The van der Waals surface area contributed by atoms with Crippen LogP contribution in [0, 0.1) is 5.41 Å². The number of hydrogen-bond acceptors (Lipinski definition) is 6. The minimum Gasteiger partial charge on any atom is -0.355 e. The van der Waals surface area contributed by atoms with Crippen molar-refractivity contribution in [2.24, 2.45) is 16.9 Å². The fourth-order valence-electron chi connectivity index (χ4n) is 1.17. The summed E-state index contributed by atoms with van der Waals surface area (Å²) in [5.74, 6) is 0. The van der Waals surface area contributed by atoms with Crippen LogP contribution in [0.5, 0.6) is 0 Å². The number of ether oxygens (including phenoxy) is 4. The molecule has 0 aliphatic carbocycles. The summed E-state index contributed by atoms with van der Waals surface area (Å²) in [4.78, 5) is 0. The molecule has 0 rings (SSSR count). The predicted octanol–water partition coefficient (Wildman–Crippen LogP) is 2.88. The standard InChI is InChI=1S/C10H23NO2.C8H19NO2/c1-9(2,3)6-12-8-13-7-10(4,5)11;1-4-7(2)10-6-11-8(3)5-9/h6-8,11H2,1-5H3;7-8H,4-6,9H2,1-3H3. The average Bonchev–Trinajstić information content (AvgIpc) is 2.44. The molecule has 0 radical (unpaired) electrons. The lowest BCUT2D eigenvalue weighted by Gasteiger charge is -2.20. The second-order valence-corrected chi connectivity index (χ2v) is 8.08. The molecular formula is C18H42N2O4. The molecule has 2 unspecified atom stereocenters. The highest BCUT2D eigenvalue weighted by Gasteiger charge is 2.12. The second kappa shape index (κ2) is 14.0. The van der Waals surface area contributed by atoms with Crippen molar-refractivity contribution < 1.29 is 18.9 Å². The topological polar surface area (TPSA) is 89.0 Å². The van der Waals surface area contributed by atoms with Gasteiger partial charge in [0.25, 0.3) is 0 Å². The molecule has 6 nitrogen and oxygen atoms in total. The van der Waals surface area contributed by atoms with Crippen molar-refractivity contribution in [3.8, 4) is 0 Å². The van der Waals surface area contributed by atoms with Gasteiger partial charge in [0.15, 0.2) is 0 Å². The van der Waals surface area contributed by atoms with Crippen LogP contribution in [0.3, 0.4) is 0 Å². The van der Waals surface area contributed by atoms with Crippen LogP contribution in [0.15, 0.2) is 0 Å². The maximum Gasteiger partial charge on any atom is 0.147 e. The molecule has 0 amide bonds. The first kappa shape index (κ1) is 26.0. The van der Waals surface area contributed by atoms with E-state index in [0.717, 1.165) is 6.42 Å². The van der Waals surface area contributed by atoms with Crippen molar-refractivity contribution in [3.63, 3.8) is 0 Å². The van der Waals surface area contributed by atoms with E-state index in [0.29, 0.717) is 33.3 Å². The molecule has 0 bridgehead atoms. The van der Waals surface area contributed by atoms with Gasteiger partial charge in [-0.2, -0.15) is 0 Å². The quantitative estimate of drug-likeness (QED) is 0.440. The van der Waals surface area contributed by atoms with E-state index in [1.165, 1.54) is 0 Å². The van der Waals surface area contributed by atoms with E-state index >= 15 is 0 Å². The lowest BCUT2D eigenvalue weighted by Crippen LogP contribution is -2.37. The smallest absolute Gasteiger partial charge is 0.147 e. The first-order valence-electron chi connectivity index (χ1n) is 8.79. The van der Waals surface area contributed by atoms with Crippen molar-refractivity contribution >= 4 is 0 Å². The summed E-state index contributed by atoms with van der Waals surface area (Å²) < 4.78 is 21.1. The fraction of sp³-hybridized carbons (Fsp3) is 1.00. The van der Waals surface area contributed by atoms with Crippen LogP contribution in [-0.2, 0) is 18.9 Å². The van der Waals surface area contributed by atoms with E-state index in [2.05, 4.69) is 27.7 Å². The molecule has 0 heterocycles. The summed E-state index contributed by atoms with van der Waals surface area (Å²) in [5, 5.41) is 0. The lowest BCUT2D eigenvalue weighted by atomic mass is 9.99. The van der Waals surface area contributed by atoms with Gasteiger partial charge in [0.1, 0.15) is 13.6 Å². The Balaban J connectivity index is 0. The van der Waals surface area contributed by atoms with E-state index in [-0.39, 0.29) is 23.2 Å². The predicted molar refractivity (Wildman–Crippen MR) is 99.8 cm³/mol. The Labute approximate surface area is 149 Å². The van der Waals surface area contributed by atoms with Crippen molar-refractivity contribution in [2.75, 3.05) is 33.3 Å².